The summed E-state index contributed by atoms with van der Waals surface area (Å²) >= 11 is 1.41. The molecule has 0 unspecified atom stereocenters. The number of amides is 1. The first-order valence-electron chi connectivity index (χ1n) is 10.1. The Kier molecular flexibility index (Phi) is 5.77. The first-order chi connectivity index (χ1) is 14.6. The minimum atomic E-state index is -0.228. The van der Waals surface area contributed by atoms with Crippen molar-refractivity contribution in [1.29, 1.82) is 0 Å². The standard InChI is InChI=1S/C24H23N3O2S/c1-3-16-11-8-12-17(4-2)22(16)26-21(28)14-27-15-25-19-13-20(30-23(19)24(27)29)18-9-6-5-7-10-18/h5-13,15H,3-4,14H2,1-2H3,(H,26,28). The lowest BCUT2D eigenvalue weighted by atomic mass is 10.0. The SMILES string of the molecule is CCc1cccc(CC)c1NC(=O)Cn1cnc2cc(-c3ccccc3)sc2c1=O. The highest BCUT2D eigenvalue weighted by Gasteiger charge is 2.14. The first-order valence-corrected chi connectivity index (χ1v) is 10.9. The number of para-hydroxylation sites is 1. The van der Waals surface area contributed by atoms with E-state index in [1.165, 1.54) is 22.2 Å². The molecule has 4 aromatic rings. The minimum Gasteiger partial charge on any atom is -0.324 e. The van der Waals surface area contributed by atoms with Crippen molar-refractivity contribution in [1.82, 2.24) is 9.55 Å². The van der Waals surface area contributed by atoms with E-state index in [-0.39, 0.29) is 18.0 Å². The lowest BCUT2D eigenvalue weighted by Crippen LogP contribution is -2.28. The van der Waals surface area contributed by atoms with E-state index in [0.29, 0.717) is 10.2 Å². The molecular weight excluding hydrogens is 394 g/mol. The maximum absolute atomic E-state index is 13.0. The van der Waals surface area contributed by atoms with Crippen LogP contribution in [0.15, 0.2) is 65.7 Å². The number of thiophene rings is 1. The number of fused-ring (bicyclic) bond motifs is 1. The molecule has 0 atom stereocenters. The highest BCUT2D eigenvalue weighted by molar-refractivity contribution is 7.22. The Hall–Kier alpha value is -3.25. The number of nitrogens with zero attached hydrogens (tertiary/aromatic N) is 2. The molecule has 6 heteroatoms. The van der Waals surface area contributed by atoms with Crippen LogP contribution >= 0.6 is 11.3 Å². The van der Waals surface area contributed by atoms with Gasteiger partial charge in [-0.3, -0.25) is 14.2 Å². The van der Waals surface area contributed by atoms with Crippen LogP contribution in [0.2, 0.25) is 0 Å². The van der Waals surface area contributed by atoms with Gasteiger partial charge in [-0.2, -0.15) is 0 Å². The van der Waals surface area contributed by atoms with E-state index in [0.717, 1.165) is 40.1 Å². The molecule has 2 aromatic carbocycles. The molecule has 2 aromatic heterocycles. The van der Waals surface area contributed by atoms with Crippen molar-refractivity contribution >= 4 is 33.1 Å². The van der Waals surface area contributed by atoms with Crippen LogP contribution in [0.25, 0.3) is 20.7 Å². The fourth-order valence-electron chi connectivity index (χ4n) is 3.54. The molecule has 0 saturated heterocycles. The lowest BCUT2D eigenvalue weighted by Gasteiger charge is -2.14. The molecule has 2 heterocycles. The summed E-state index contributed by atoms with van der Waals surface area (Å²) in [7, 11) is 0. The van der Waals surface area contributed by atoms with Gasteiger partial charge in [0.1, 0.15) is 11.2 Å². The Morgan fingerprint density at radius 2 is 1.73 bits per heavy atom. The summed E-state index contributed by atoms with van der Waals surface area (Å²) in [6.45, 7) is 4.06. The quantitative estimate of drug-likeness (QED) is 0.486. The predicted molar refractivity (Wildman–Crippen MR) is 123 cm³/mol. The van der Waals surface area contributed by atoms with E-state index in [2.05, 4.69) is 24.1 Å². The van der Waals surface area contributed by atoms with Crippen LogP contribution in [0.4, 0.5) is 5.69 Å². The fourth-order valence-corrected chi connectivity index (χ4v) is 4.60. The molecule has 0 bridgehead atoms. The Balaban J connectivity index is 1.61. The Morgan fingerprint density at radius 1 is 1.03 bits per heavy atom. The summed E-state index contributed by atoms with van der Waals surface area (Å²) in [5.41, 5.74) is 4.56. The molecule has 5 nitrogen and oxygen atoms in total. The second kappa shape index (κ2) is 8.63. The van der Waals surface area contributed by atoms with Crippen molar-refractivity contribution in [3.05, 3.63) is 82.4 Å². The average Bonchev–Trinajstić information content (AvgIpc) is 3.22. The van der Waals surface area contributed by atoms with Crippen molar-refractivity contribution in [3.63, 3.8) is 0 Å². The number of aromatic nitrogens is 2. The predicted octanol–water partition coefficient (Wildman–Crippen LogP) is 4.89. The van der Waals surface area contributed by atoms with Gasteiger partial charge in [-0.05, 0) is 35.6 Å². The summed E-state index contributed by atoms with van der Waals surface area (Å²) in [5.74, 6) is -0.228. The average molecular weight is 418 g/mol. The van der Waals surface area contributed by atoms with Gasteiger partial charge < -0.3 is 5.32 Å². The Morgan fingerprint density at radius 3 is 2.40 bits per heavy atom. The number of rotatable bonds is 6. The van der Waals surface area contributed by atoms with Gasteiger partial charge in [-0.25, -0.2) is 4.98 Å². The third-order valence-corrected chi connectivity index (χ3v) is 6.30. The topological polar surface area (TPSA) is 64.0 Å². The highest BCUT2D eigenvalue weighted by Crippen LogP contribution is 2.30. The Labute approximate surface area is 179 Å². The van der Waals surface area contributed by atoms with Crippen molar-refractivity contribution in [2.24, 2.45) is 0 Å². The molecule has 0 aliphatic carbocycles. The zero-order valence-electron chi connectivity index (χ0n) is 17.0. The zero-order chi connectivity index (χ0) is 21.1. The second-order valence-corrected chi connectivity index (χ2v) is 8.13. The van der Waals surface area contributed by atoms with E-state index < -0.39 is 0 Å². The Bertz CT molecular complexity index is 1240. The van der Waals surface area contributed by atoms with Gasteiger partial charge in [0.05, 0.1) is 11.8 Å². The third-order valence-electron chi connectivity index (χ3n) is 5.14. The molecule has 0 spiro atoms. The van der Waals surface area contributed by atoms with E-state index >= 15 is 0 Å². The van der Waals surface area contributed by atoms with E-state index in [1.54, 1.807) is 0 Å². The summed E-state index contributed by atoms with van der Waals surface area (Å²) in [5, 5.41) is 3.01. The lowest BCUT2D eigenvalue weighted by molar-refractivity contribution is -0.116. The molecule has 4 rings (SSSR count). The summed E-state index contributed by atoms with van der Waals surface area (Å²) in [4.78, 5) is 31.1. The first kappa shape index (κ1) is 20.0. The van der Waals surface area contributed by atoms with Gasteiger partial charge in [-0.15, -0.1) is 11.3 Å². The van der Waals surface area contributed by atoms with Crippen molar-refractivity contribution in [2.75, 3.05) is 5.32 Å². The number of hydrogen-bond acceptors (Lipinski definition) is 4. The normalized spacial score (nSPS) is 11.0. The molecule has 0 radical (unpaired) electrons. The van der Waals surface area contributed by atoms with Crippen LogP contribution in [0, 0.1) is 0 Å². The maximum Gasteiger partial charge on any atom is 0.271 e. The molecule has 1 amide bonds. The molecular formula is C24H23N3O2S. The second-order valence-electron chi connectivity index (χ2n) is 7.08. The molecule has 0 aliphatic rings. The van der Waals surface area contributed by atoms with Crippen LogP contribution in [0.1, 0.15) is 25.0 Å². The van der Waals surface area contributed by atoms with Crippen LogP contribution in [-0.2, 0) is 24.2 Å². The number of nitrogens with one attached hydrogen (secondary N) is 1. The van der Waals surface area contributed by atoms with Crippen LogP contribution in [0.3, 0.4) is 0 Å². The number of carbonyl (C=O) groups excluding carboxylic acids is 1. The van der Waals surface area contributed by atoms with Crippen LogP contribution in [0.5, 0.6) is 0 Å². The summed E-state index contributed by atoms with van der Waals surface area (Å²) in [6, 6.07) is 17.9. The highest BCUT2D eigenvalue weighted by atomic mass is 32.1. The molecule has 0 saturated carbocycles. The maximum atomic E-state index is 13.0. The molecule has 0 aliphatic heterocycles. The molecule has 0 fully saturated rings. The number of benzene rings is 2. The van der Waals surface area contributed by atoms with Gasteiger partial charge in [0, 0.05) is 10.6 Å². The van der Waals surface area contributed by atoms with Gasteiger partial charge >= 0.3 is 0 Å². The molecule has 30 heavy (non-hydrogen) atoms. The van der Waals surface area contributed by atoms with Crippen LogP contribution in [-0.4, -0.2) is 15.5 Å². The van der Waals surface area contributed by atoms with Crippen LogP contribution < -0.4 is 10.9 Å². The van der Waals surface area contributed by atoms with Gasteiger partial charge in [0.2, 0.25) is 5.91 Å². The molecule has 1 N–H and O–H groups in total. The van der Waals surface area contributed by atoms with Crippen molar-refractivity contribution in [3.8, 4) is 10.4 Å². The number of carbonyl (C=O) groups is 1. The number of aryl methyl sites for hydroxylation is 2. The van der Waals surface area contributed by atoms with Crippen molar-refractivity contribution < 1.29 is 4.79 Å². The monoisotopic (exact) mass is 417 g/mol. The number of hydrogen-bond donors (Lipinski definition) is 1. The molecule has 152 valence electrons. The smallest absolute Gasteiger partial charge is 0.271 e. The summed E-state index contributed by atoms with van der Waals surface area (Å²) < 4.78 is 1.94. The van der Waals surface area contributed by atoms with E-state index in [9.17, 15) is 9.59 Å². The third kappa shape index (κ3) is 3.91. The summed E-state index contributed by atoms with van der Waals surface area (Å²) in [6.07, 6.45) is 3.11. The van der Waals surface area contributed by atoms with E-state index in [4.69, 9.17) is 0 Å². The van der Waals surface area contributed by atoms with Gasteiger partial charge in [-0.1, -0.05) is 62.4 Å². The largest absolute Gasteiger partial charge is 0.324 e. The van der Waals surface area contributed by atoms with Gasteiger partial charge in [0.25, 0.3) is 5.56 Å². The fraction of sp³-hybridized carbons (Fsp3) is 0.208. The van der Waals surface area contributed by atoms with E-state index in [1.807, 2.05) is 54.6 Å². The number of anilines is 1. The zero-order valence-corrected chi connectivity index (χ0v) is 17.8. The minimum absolute atomic E-state index is 0.0679. The van der Waals surface area contributed by atoms with Crippen molar-refractivity contribution in [2.45, 2.75) is 33.2 Å². The van der Waals surface area contributed by atoms with Gasteiger partial charge in [0.15, 0.2) is 0 Å².